The molecular weight excluding hydrogens is 196 g/mol. The Kier molecular flexibility index (Phi) is 4.28. The summed E-state index contributed by atoms with van der Waals surface area (Å²) in [6.07, 6.45) is 1.52. The van der Waals surface area contributed by atoms with Gasteiger partial charge in [-0.05, 0) is 43.9 Å². The van der Waals surface area contributed by atoms with E-state index >= 15 is 0 Å². The summed E-state index contributed by atoms with van der Waals surface area (Å²) in [7, 11) is 0. The Morgan fingerprint density at radius 1 is 1.19 bits per heavy atom. The molecule has 0 saturated carbocycles. The van der Waals surface area contributed by atoms with Gasteiger partial charge in [0.2, 0.25) is 0 Å². The fourth-order valence-corrected chi connectivity index (χ4v) is 2.30. The molecule has 0 spiro atoms. The first-order chi connectivity index (χ1) is 7.45. The summed E-state index contributed by atoms with van der Waals surface area (Å²) in [5, 5.41) is 0. The van der Waals surface area contributed by atoms with E-state index in [9.17, 15) is 4.79 Å². The lowest BCUT2D eigenvalue weighted by atomic mass is 9.89. The quantitative estimate of drug-likeness (QED) is 0.752. The third-order valence-electron chi connectivity index (χ3n) is 3.25. The second-order valence-electron chi connectivity index (χ2n) is 4.80. The highest BCUT2D eigenvalue weighted by atomic mass is 16.1. The molecule has 1 aromatic carbocycles. The Balaban J connectivity index is 2.93. The Morgan fingerprint density at radius 2 is 1.69 bits per heavy atom. The first-order valence-electron chi connectivity index (χ1n) is 6.05. The van der Waals surface area contributed by atoms with Crippen molar-refractivity contribution in [3.63, 3.8) is 0 Å². The lowest BCUT2D eigenvalue weighted by Crippen LogP contribution is -2.13. The van der Waals surface area contributed by atoms with Crippen LogP contribution in [0.15, 0.2) is 12.1 Å². The van der Waals surface area contributed by atoms with Crippen LogP contribution in [0.5, 0.6) is 0 Å². The number of benzene rings is 1. The maximum atomic E-state index is 11.6. The lowest BCUT2D eigenvalue weighted by molar-refractivity contribution is -0.122. The molecule has 0 amide bonds. The molecule has 1 nitrogen and oxygen atoms in total. The Morgan fingerprint density at radius 3 is 2.12 bits per heavy atom. The smallest absolute Gasteiger partial charge is 0.135 e. The first kappa shape index (κ1) is 13.0. The molecule has 1 atom stereocenters. The van der Waals surface area contributed by atoms with Gasteiger partial charge in [-0.25, -0.2) is 0 Å². The summed E-state index contributed by atoms with van der Waals surface area (Å²) < 4.78 is 0. The van der Waals surface area contributed by atoms with Crippen LogP contribution in [0.4, 0.5) is 0 Å². The normalized spacial score (nSPS) is 12.6. The Hall–Kier alpha value is -1.11. The predicted molar refractivity (Wildman–Crippen MR) is 68.8 cm³/mol. The van der Waals surface area contributed by atoms with Crippen LogP contribution >= 0.6 is 0 Å². The molecule has 0 bridgehead atoms. The van der Waals surface area contributed by atoms with Crippen LogP contribution in [0.25, 0.3) is 0 Å². The van der Waals surface area contributed by atoms with Crippen molar-refractivity contribution in [3.05, 3.63) is 34.4 Å². The van der Waals surface area contributed by atoms with E-state index in [0.717, 1.165) is 6.42 Å². The molecule has 0 heterocycles. The van der Waals surface area contributed by atoms with Crippen LogP contribution in [-0.2, 0) is 11.2 Å². The van der Waals surface area contributed by atoms with Crippen molar-refractivity contribution in [2.45, 2.75) is 47.5 Å². The van der Waals surface area contributed by atoms with E-state index in [4.69, 9.17) is 0 Å². The number of hydrogen-bond acceptors (Lipinski definition) is 1. The van der Waals surface area contributed by atoms with Crippen molar-refractivity contribution < 1.29 is 4.79 Å². The fraction of sp³-hybridized carbons (Fsp3) is 0.533. The zero-order valence-corrected chi connectivity index (χ0v) is 11.1. The van der Waals surface area contributed by atoms with Gasteiger partial charge in [-0.2, -0.15) is 0 Å². The van der Waals surface area contributed by atoms with Gasteiger partial charge in [0.1, 0.15) is 5.78 Å². The van der Waals surface area contributed by atoms with Gasteiger partial charge in [0.05, 0.1) is 0 Å². The zero-order chi connectivity index (χ0) is 12.3. The average Bonchev–Trinajstić information content (AvgIpc) is 2.21. The molecule has 0 aliphatic heterocycles. The van der Waals surface area contributed by atoms with Gasteiger partial charge in [-0.15, -0.1) is 0 Å². The number of ketones is 1. The van der Waals surface area contributed by atoms with Crippen molar-refractivity contribution in [1.82, 2.24) is 0 Å². The number of carbonyl (C=O) groups is 1. The summed E-state index contributed by atoms with van der Waals surface area (Å²) in [5.41, 5.74) is 5.27. The molecular formula is C15H22O. The molecule has 0 fully saturated rings. The third-order valence-corrected chi connectivity index (χ3v) is 3.25. The number of hydrogen-bond donors (Lipinski definition) is 0. The number of Topliss-reactive ketones (excluding diaryl/α,β-unsaturated/α-hetero) is 1. The van der Waals surface area contributed by atoms with Gasteiger partial charge in [0.15, 0.2) is 0 Å². The van der Waals surface area contributed by atoms with Gasteiger partial charge >= 0.3 is 0 Å². The van der Waals surface area contributed by atoms with Crippen LogP contribution in [0.1, 0.15) is 42.5 Å². The molecule has 0 aliphatic carbocycles. The van der Waals surface area contributed by atoms with Crippen LogP contribution in [0, 0.1) is 26.7 Å². The number of aryl methyl sites for hydroxylation is 3. The van der Waals surface area contributed by atoms with Crippen molar-refractivity contribution in [1.29, 1.82) is 0 Å². The third kappa shape index (κ3) is 2.94. The molecule has 1 unspecified atom stereocenters. The van der Waals surface area contributed by atoms with Gasteiger partial charge < -0.3 is 0 Å². The SMILES string of the molecule is CCC(=O)C(C)Cc1c(C)cc(C)cc1C. The van der Waals surface area contributed by atoms with E-state index in [1.54, 1.807) is 0 Å². The molecule has 0 N–H and O–H groups in total. The minimum Gasteiger partial charge on any atom is -0.299 e. The largest absolute Gasteiger partial charge is 0.299 e. The van der Waals surface area contributed by atoms with Gasteiger partial charge in [-0.1, -0.05) is 31.5 Å². The predicted octanol–water partition coefficient (Wildman–Crippen LogP) is 3.77. The van der Waals surface area contributed by atoms with Crippen molar-refractivity contribution in [2.24, 2.45) is 5.92 Å². The van der Waals surface area contributed by atoms with Gasteiger partial charge in [0, 0.05) is 12.3 Å². The maximum Gasteiger partial charge on any atom is 0.135 e. The molecule has 1 rings (SSSR count). The molecule has 0 radical (unpaired) electrons. The van der Waals surface area contributed by atoms with Crippen molar-refractivity contribution in [2.75, 3.05) is 0 Å². The van der Waals surface area contributed by atoms with E-state index in [2.05, 4.69) is 32.9 Å². The topological polar surface area (TPSA) is 17.1 Å². The summed E-state index contributed by atoms with van der Waals surface area (Å²) in [6.45, 7) is 10.4. The van der Waals surface area contributed by atoms with Gasteiger partial charge in [-0.3, -0.25) is 4.79 Å². The summed E-state index contributed by atoms with van der Waals surface area (Å²) in [4.78, 5) is 11.6. The van der Waals surface area contributed by atoms with Crippen LogP contribution in [0.3, 0.4) is 0 Å². The minimum absolute atomic E-state index is 0.144. The molecule has 16 heavy (non-hydrogen) atoms. The molecule has 0 saturated heterocycles. The summed E-state index contributed by atoms with van der Waals surface area (Å²) >= 11 is 0. The van der Waals surface area contributed by atoms with Crippen molar-refractivity contribution >= 4 is 5.78 Å². The fourth-order valence-electron chi connectivity index (χ4n) is 2.30. The van der Waals surface area contributed by atoms with Crippen LogP contribution in [-0.4, -0.2) is 5.78 Å². The summed E-state index contributed by atoms with van der Waals surface area (Å²) in [5.74, 6) is 0.504. The van der Waals surface area contributed by atoms with E-state index in [-0.39, 0.29) is 5.92 Å². The molecule has 1 heteroatoms. The zero-order valence-electron chi connectivity index (χ0n) is 11.1. The molecule has 88 valence electrons. The molecule has 1 aromatic rings. The van der Waals surface area contributed by atoms with E-state index in [1.807, 2.05) is 13.8 Å². The summed E-state index contributed by atoms with van der Waals surface area (Å²) in [6, 6.07) is 4.40. The van der Waals surface area contributed by atoms with Crippen LogP contribution < -0.4 is 0 Å². The Labute approximate surface area is 98.9 Å². The number of rotatable bonds is 4. The van der Waals surface area contributed by atoms with E-state index in [0.29, 0.717) is 12.2 Å². The molecule has 0 aromatic heterocycles. The highest BCUT2D eigenvalue weighted by molar-refractivity contribution is 5.80. The molecule has 0 aliphatic rings. The highest BCUT2D eigenvalue weighted by Gasteiger charge is 2.14. The van der Waals surface area contributed by atoms with Crippen molar-refractivity contribution in [3.8, 4) is 0 Å². The van der Waals surface area contributed by atoms with Crippen LogP contribution in [0.2, 0.25) is 0 Å². The maximum absolute atomic E-state index is 11.6. The lowest BCUT2D eigenvalue weighted by Gasteiger charge is -2.15. The Bertz CT molecular complexity index is 367. The second kappa shape index (κ2) is 5.29. The monoisotopic (exact) mass is 218 g/mol. The van der Waals surface area contributed by atoms with Gasteiger partial charge in [0.25, 0.3) is 0 Å². The van der Waals surface area contributed by atoms with E-state index < -0.39 is 0 Å². The average molecular weight is 218 g/mol. The van der Waals surface area contributed by atoms with E-state index in [1.165, 1.54) is 22.3 Å². The standard InChI is InChI=1S/C15H22O/c1-6-15(16)13(5)9-14-11(3)7-10(2)8-12(14)4/h7-8,13H,6,9H2,1-5H3. The second-order valence-corrected chi connectivity index (χ2v) is 4.80. The first-order valence-corrected chi connectivity index (χ1v) is 6.05. The highest BCUT2D eigenvalue weighted by Crippen LogP contribution is 2.20. The number of carbonyl (C=O) groups excluding carboxylic acids is 1. The minimum atomic E-state index is 0.144.